The summed E-state index contributed by atoms with van der Waals surface area (Å²) in [5.41, 5.74) is 6.37. The number of aliphatic carboxylic acids is 1. The Morgan fingerprint density at radius 1 is 1.19 bits per heavy atom. The van der Waals surface area contributed by atoms with E-state index in [-0.39, 0.29) is 12.3 Å². The topological polar surface area (TPSA) is 82.2 Å². The van der Waals surface area contributed by atoms with Crippen LogP contribution in [0.2, 0.25) is 0 Å². The first-order valence-corrected chi connectivity index (χ1v) is 8.98. The van der Waals surface area contributed by atoms with Crippen LogP contribution in [0.25, 0.3) is 22.6 Å². The number of carbonyl (C=O) groups excluding carboxylic acids is 1. The second kappa shape index (κ2) is 6.76. The number of carbonyl (C=O) groups is 2. The van der Waals surface area contributed by atoms with Crippen molar-refractivity contribution in [2.45, 2.75) is 26.2 Å². The highest BCUT2D eigenvalue weighted by molar-refractivity contribution is 6.35. The van der Waals surface area contributed by atoms with Gasteiger partial charge in [-0.05, 0) is 49.6 Å². The van der Waals surface area contributed by atoms with Crippen LogP contribution in [0.4, 0.5) is 5.69 Å². The van der Waals surface area contributed by atoms with Crippen LogP contribution in [-0.4, -0.2) is 22.0 Å². The van der Waals surface area contributed by atoms with Crippen molar-refractivity contribution in [3.8, 4) is 0 Å². The minimum absolute atomic E-state index is 0.123. The molecule has 0 bridgehead atoms. The molecule has 0 atom stereocenters. The Hall–Kier alpha value is -3.34. The average Bonchev–Trinajstić information content (AvgIpc) is 3.13. The Morgan fingerprint density at radius 2 is 2.00 bits per heavy atom. The molecule has 5 nitrogen and oxygen atoms in total. The van der Waals surface area contributed by atoms with Crippen molar-refractivity contribution in [3.05, 3.63) is 64.8 Å². The third-order valence-electron chi connectivity index (χ3n) is 4.91. The zero-order valence-corrected chi connectivity index (χ0v) is 15.0. The predicted molar refractivity (Wildman–Crippen MR) is 107 cm³/mol. The van der Waals surface area contributed by atoms with Gasteiger partial charge in [-0.15, -0.1) is 0 Å². The van der Waals surface area contributed by atoms with Crippen LogP contribution in [-0.2, 0) is 16.0 Å². The molecule has 27 heavy (non-hydrogen) atoms. The maximum atomic E-state index is 12.4. The molecule has 0 unspecified atom stereocenters. The summed E-state index contributed by atoms with van der Waals surface area (Å²) in [6, 6.07) is 13.8. The Balaban J connectivity index is 1.81. The average molecular weight is 360 g/mol. The molecule has 0 spiro atoms. The van der Waals surface area contributed by atoms with Gasteiger partial charge in [0.1, 0.15) is 0 Å². The van der Waals surface area contributed by atoms with Gasteiger partial charge in [-0.25, -0.2) is 0 Å². The summed E-state index contributed by atoms with van der Waals surface area (Å²) in [6.45, 7) is 2.03. The van der Waals surface area contributed by atoms with Crippen LogP contribution in [0.5, 0.6) is 0 Å². The van der Waals surface area contributed by atoms with E-state index in [4.69, 9.17) is 5.11 Å². The van der Waals surface area contributed by atoms with E-state index in [9.17, 15) is 9.59 Å². The van der Waals surface area contributed by atoms with Crippen molar-refractivity contribution in [1.82, 2.24) is 4.98 Å². The number of nitrogens with one attached hydrogen (secondary N) is 2. The number of hydrogen-bond acceptors (Lipinski definition) is 2. The molecule has 136 valence electrons. The number of rotatable bonds is 5. The zero-order chi connectivity index (χ0) is 19.0. The number of aryl methyl sites for hydroxylation is 2. The smallest absolute Gasteiger partial charge is 0.303 e. The highest BCUT2D eigenvalue weighted by Gasteiger charge is 2.24. The van der Waals surface area contributed by atoms with Gasteiger partial charge in [0.2, 0.25) is 0 Å². The van der Waals surface area contributed by atoms with E-state index in [2.05, 4.69) is 16.4 Å². The number of aromatic amines is 1. The van der Waals surface area contributed by atoms with Gasteiger partial charge in [-0.2, -0.15) is 0 Å². The van der Waals surface area contributed by atoms with E-state index in [1.165, 1.54) is 0 Å². The molecule has 0 saturated carbocycles. The van der Waals surface area contributed by atoms with E-state index in [0.717, 1.165) is 39.0 Å². The number of hydrogen-bond donors (Lipinski definition) is 3. The van der Waals surface area contributed by atoms with Crippen molar-refractivity contribution in [2.24, 2.45) is 0 Å². The molecule has 0 radical (unpaired) electrons. The third-order valence-corrected chi connectivity index (χ3v) is 4.91. The van der Waals surface area contributed by atoms with Gasteiger partial charge in [0.25, 0.3) is 5.91 Å². The summed E-state index contributed by atoms with van der Waals surface area (Å²) >= 11 is 0. The number of H-pyrrole nitrogens is 1. The molecule has 0 fully saturated rings. The normalized spacial score (nSPS) is 14.6. The van der Waals surface area contributed by atoms with Crippen molar-refractivity contribution >= 4 is 40.1 Å². The number of carboxylic acids is 1. The molecule has 2 aromatic carbocycles. The lowest BCUT2D eigenvalue weighted by atomic mass is 10.00. The highest BCUT2D eigenvalue weighted by atomic mass is 16.4. The molecule has 4 rings (SSSR count). The van der Waals surface area contributed by atoms with Gasteiger partial charge in [0.15, 0.2) is 0 Å². The van der Waals surface area contributed by atoms with Gasteiger partial charge in [0.05, 0.1) is 5.57 Å². The van der Waals surface area contributed by atoms with Crippen molar-refractivity contribution < 1.29 is 14.7 Å². The Labute approximate surface area is 156 Å². The number of para-hydroxylation sites is 1. The molecular formula is C22H20N2O3. The number of anilines is 1. The Kier molecular flexibility index (Phi) is 4.28. The Morgan fingerprint density at radius 3 is 2.81 bits per heavy atom. The fourth-order valence-corrected chi connectivity index (χ4v) is 3.62. The minimum atomic E-state index is -0.796. The van der Waals surface area contributed by atoms with Crippen molar-refractivity contribution in [1.29, 1.82) is 0 Å². The molecule has 0 aliphatic carbocycles. The van der Waals surface area contributed by atoms with Crippen molar-refractivity contribution in [3.63, 3.8) is 0 Å². The van der Waals surface area contributed by atoms with Gasteiger partial charge in [-0.3, -0.25) is 9.59 Å². The molecule has 2 heterocycles. The molecule has 0 saturated heterocycles. The molecule has 3 aromatic rings. The van der Waals surface area contributed by atoms with Crippen molar-refractivity contribution in [2.75, 3.05) is 5.32 Å². The maximum absolute atomic E-state index is 12.4. The second-order valence-electron chi connectivity index (χ2n) is 6.87. The summed E-state index contributed by atoms with van der Waals surface area (Å²) in [4.78, 5) is 26.8. The summed E-state index contributed by atoms with van der Waals surface area (Å²) in [5.74, 6) is -0.919. The summed E-state index contributed by atoms with van der Waals surface area (Å²) in [5, 5.41) is 12.9. The quantitative estimate of drug-likeness (QED) is 0.591. The van der Waals surface area contributed by atoms with Gasteiger partial charge >= 0.3 is 5.97 Å². The number of fused-ring (bicyclic) bond motifs is 2. The second-order valence-corrected chi connectivity index (χ2v) is 6.87. The largest absolute Gasteiger partial charge is 0.481 e. The van der Waals surface area contributed by atoms with E-state index in [0.29, 0.717) is 18.4 Å². The third kappa shape index (κ3) is 3.24. The molecule has 3 N–H and O–H groups in total. The number of benzene rings is 2. The van der Waals surface area contributed by atoms with Gasteiger partial charge in [0, 0.05) is 34.3 Å². The number of amides is 1. The lowest BCUT2D eigenvalue weighted by molar-refractivity contribution is -0.137. The molecule has 5 heteroatoms. The van der Waals surface area contributed by atoms with E-state index >= 15 is 0 Å². The van der Waals surface area contributed by atoms with Crippen LogP contribution >= 0.6 is 0 Å². The van der Waals surface area contributed by atoms with Crippen LogP contribution < -0.4 is 5.32 Å². The minimum Gasteiger partial charge on any atom is -0.481 e. The van der Waals surface area contributed by atoms with E-state index < -0.39 is 5.97 Å². The fourth-order valence-electron chi connectivity index (χ4n) is 3.62. The lowest BCUT2D eigenvalue weighted by Crippen LogP contribution is -2.04. The highest BCUT2D eigenvalue weighted by Crippen LogP contribution is 2.34. The van der Waals surface area contributed by atoms with E-state index in [1.807, 2.05) is 49.4 Å². The first-order chi connectivity index (χ1) is 13.0. The lowest BCUT2D eigenvalue weighted by Gasteiger charge is -2.03. The van der Waals surface area contributed by atoms with Gasteiger partial charge in [-0.1, -0.05) is 29.8 Å². The van der Waals surface area contributed by atoms with Crippen LogP contribution in [0, 0.1) is 6.92 Å². The molecule has 1 aromatic heterocycles. The molecule has 1 amide bonds. The molecular weight excluding hydrogens is 340 g/mol. The SMILES string of the molecule is Cc1ccc2[nH]c(/C=C3\C(=O)Nc4ccccc43)c(CCCC(=O)O)c2c1. The first kappa shape index (κ1) is 17.1. The molecule has 1 aliphatic heterocycles. The fraction of sp³-hybridized carbons (Fsp3) is 0.182. The van der Waals surface area contributed by atoms with Gasteiger partial charge < -0.3 is 15.4 Å². The monoisotopic (exact) mass is 360 g/mol. The van der Waals surface area contributed by atoms with Crippen LogP contribution in [0.15, 0.2) is 42.5 Å². The van der Waals surface area contributed by atoms with Crippen LogP contribution in [0.1, 0.15) is 35.2 Å². The summed E-state index contributed by atoms with van der Waals surface area (Å²) < 4.78 is 0. The summed E-state index contributed by atoms with van der Waals surface area (Å²) in [6.07, 6.45) is 3.19. The molecule has 1 aliphatic rings. The predicted octanol–water partition coefficient (Wildman–Crippen LogP) is 4.38. The Bertz CT molecular complexity index is 1090. The zero-order valence-electron chi connectivity index (χ0n) is 15.0. The van der Waals surface area contributed by atoms with E-state index in [1.54, 1.807) is 0 Å². The standard InChI is InChI=1S/C22H20N2O3/c1-13-9-10-19-16(11-13)14(6-4-8-21(25)26)20(23-19)12-17-15-5-2-3-7-18(15)24-22(17)27/h2-3,5,7,9-12,23H,4,6,8H2,1H3,(H,24,27)(H,25,26)/b17-12-. The number of aromatic nitrogens is 1. The number of carboxylic acid groups (broad SMARTS) is 1. The maximum Gasteiger partial charge on any atom is 0.303 e. The summed E-state index contributed by atoms with van der Waals surface area (Å²) in [7, 11) is 0. The van der Waals surface area contributed by atoms with Crippen LogP contribution in [0.3, 0.4) is 0 Å². The first-order valence-electron chi connectivity index (χ1n) is 8.98.